The molecule has 0 spiro atoms. The van der Waals surface area contributed by atoms with Crippen LogP contribution in [0.25, 0.3) is 0 Å². The molecule has 0 unspecified atom stereocenters. The quantitative estimate of drug-likeness (QED) is 0.215. The number of hydrogen-bond acceptors (Lipinski definition) is 1. The van der Waals surface area contributed by atoms with Gasteiger partial charge in [0.25, 0.3) is 0 Å². The van der Waals surface area contributed by atoms with Crippen molar-refractivity contribution in [1.82, 2.24) is 4.23 Å². The van der Waals surface area contributed by atoms with Crippen LogP contribution in [0.15, 0.2) is 0 Å². The standard InChI is InChI=1S/C3H7I6NSi2/c1-3(2)10(11(4,5)6)12(7,8)9/h3H,1-2H3. The summed E-state index contributed by atoms with van der Waals surface area (Å²) in [7, 11) is 0. The van der Waals surface area contributed by atoms with Gasteiger partial charge < -0.3 is 0 Å². The van der Waals surface area contributed by atoms with Gasteiger partial charge in [0.1, 0.15) is 0 Å². The van der Waals surface area contributed by atoms with Gasteiger partial charge in [-0.15, -0.1) is 0 Å². The predicted octanol–water partition coefficient (Wildman–Crippen LogP) is 5.18. The minimum absolute atomic E-state index is 0.680. The van der Waals surface area contributed by atoms with Gasteiger partial charge in [0.2, 0.25) is 0 Å². The first-order valence-corrected chi connectivity index (χ1v) is 25.6. The Balaban J connectivity index is 4.70. The second-order valence-electron chi connectivity index (χ2n) is 2.40. The fraction of sp³-hybridized carbons (Fsp3) is 1.00. The first kappa shape index (κ1) is 16.8. The number of halogens is 6. The molecule has 0 saturated carbocycles. The van der Waals surface area contributed by atoms with Crippen molar-refractivity contribution in [1.29, 1.82) is 0 Å². The highest BCUT2D eigenvalue weighted by molar-refractivity contribution is 14.4. The monoisotopic (exact) mass is 874 g/mol. The Bertz CT molecular complexity index is 136. The van der Waals surface area contributed by atoms with E-state index in [1.54, 1.807) is 0 Å². The van der Waals surface area contributed by atoms with Crippen LogP contribution in [-0.2, 0) is 0 Å². The Labute approximate surface area is 152 Å². The van der Waals surface area contributed by atoms with Crippen molar-refractivity contribution < 1.29 is 0 Å². The summed E-state index contributed by atoms with van der Waals surface area (Å²) in [5.74, 6) is 0. The van der Waals surface area contributed by atoms with Gasteiger partial charge in [0.15, 0.2) is 0 Å². The molecule has 1 nitrogen and oxygen atoms in total. The highest BCUT2D eigenvalue weighted by Crippen LogP contribution is 2.45. The normalized spacial score (nSPS) is 14.5. The average molecular weight is 875 g/mol. The zero-order chi connectivity index (χ0) is 10.2. The molecule has 0 heterocycles. The van der Waals surface area contributed by atoms with Crippen molar-refractivity contribution in [3.8, 4) is 0 Å². The van der Waals surface area contributed by atoms with Crippen LogP contribution >= 0.6 is 131 Å². The lowest BCUT2D eigenvalue weighted by Crippen LogP contribution is -2.53. The number of rotatable bonds is 3. The second-order valence-corrected chi connectivity index (χ2v) is 70.9. The zero-order valence-electron chi connectivity index (χ0n) is 6.29. The molecule has 0 radical (unpaired) electrons. The van der Waals surface area contributed by atoms with Gasteiger partial charge in [-0.2, -0.15) is 0 Å². The highest BCUT2D eigenvalue weighted by atomic mass is 127. The lowest BCUT2D eigenvalue weighted by atomic mass is 10.4. The summed E-state index contributed by atoms with van der Waals surface area (Å²) in [6, 6.07) is 0.680. The van der Waals surface area contributed by atoms with Gasteiger partial charge in [-0.1, -0.05) is 145 Å². The van der Waals surface area contributed by atoms with Crippen molar-refractivity contribution in [3.05, 3.63) is 0 Å². The molecule has 0 atom stereocenters. The third kappa shape index (κ3) is 6.49. The van der Waals surface area contributed by atoms with Gasteiger partial charge >= 0.3 is 1.45 Å². The Morgan fingerprint density at radius 2 is 1.08 bits per heavy atom. The summed E-state index contributed by atoms with van der Waals surface area (Å²) in [5, 5.41) is 0. The van der Waals surface area contributed by atoms with E-state index in [9.17, 15) is 0 Å². The van der Waals surface area contributed by atoms with E-state index < -0.39 is 1.45 Å². The maximum Gasteiger partial charge on any atom is 0.324 e. The SMILES string of the molecule is CC(C)N([Si](I)(I)I)[Si](I)(I)I. The minimum atomic E-state index is -1.20. The van der Waals surface area contributed by atoms with Crippen LogP contribution in [0.2, 0.25) is 0 Å². The van der Waals surface area contributed by atoms with E-state index in [1.165, 1.54) is 0 Å². The Hall–Kier alpha value is 4.77. The van der Waals surface area contributed by atoms with Crippen molar-refractivity contribution in [2.45, 2.75) is 19.9 Å². The molecule has 12 heavy (non-hydrogen) atoms. The smallest absolute Gasteiger partial charge is 0.296 e. The molecule has 74 valence electrons. The van der Waals surface area contributed by atoms with Crippen LogP contribution in [0.3, 0.4) is 0 Å². The first-order chi connectivity index (χ1) is 5.07. The second kappa shape index (κ2) is 6.64. The van der Waals surface area contributed by atoms with Gasteiger partial charge in [-0.05, 0) is 6.04 Å². The molecular formula is C3H7I6NSi2. The van der Waals surface area contributed by atoms with Crippen LogP contribution in [-0.4, -0.2) is 11.7 Å². The maximum atomic E-state index is 2.74. The van der Waals surface area contributed by atoms with Crippen LogP contribution in [0.5, 0.6) is 0 Å². The van der Waals surface area contributed by atoms with Gasteiger partial charge in [-0.25, -0.2) is 0 Å². The van der Waals surface area contributed by atoms with E-state index in [0.29, 0.717) is 6.04 Å². The molecular weight excluding hydrogens is 868 g/mol. The van der Waals surface area contributed by atoms with E-state index in [2.05, 4.69) is 149 Å². The van der Waals surface area contributed by atoms with E-state index in [-0.39, 0.29) is 0 Å². The molecule has 0 aliphatic carbocycles. The summed E-state index contributed by atoms with van der Waals surface area (Å²) < 4.78 is 0.334. The van der Waals surface area contributed by atoms with Crippen LogP contribution in [0, 0.1) is 0 Å². The van der Waals surface area contributed by atoms with Crippen molar-refractivity contribution in [2.75, 3.05) is 0 Å². The van der Waals surface area contributed by atoms with Crippen LogP contribution in [0.4, 0.5) is 0 Å². The summed E-state index contributed by atoms with van der Waals surface area (Å²) in [6.07, 6.45) is 0. The molecule has 0 aromatic heterocycles. The number of hydrogen-bond donors (Lipinski definition) is 0. The summed E-state index contributed by atoms with van der Waals surface area (Å²) in [4.78, 5) is 0. The summed E-state index contributed by atoms with van der Waals surface area (Å²) in [6.45, 7) is 4.60. The molecule has 0 aliphatic heterocycles. The predicted molar refractivity (Wildman–Crippen MR) is 113 cm³/mol. The zero-order valence-corrected chi connectivity index (χ0v) is 21.2. The lowest BCUT2D eigenvalue weighted by Gasteiger charge is -2.38. The van der Waals surface area contributed by atoms with Crippen LogP contribution in [0.1, 0.15) is 13.8 Å². The van der Waals surface area contributed by atoms with Crippen molar-refractivity contribution >= 4 is 132 Å². The Morgan fingerprint density at radius 3 is 1.08 bits per heavy atom. The van der Waals surface area contributed by atoms with Gasteiger partial charge in [0, 0.05) is 0 Å². The summed E-state index contributed by atoms with van der Waals surface area (Å²) >= 11 is 15.8. The molecule has 0 aliphatic rings. The fourth-order valence-corrected chi connectivity index (χ4v) is 70.0. The van der Waals surface area contributed by atoms with E-state index >= 15 is 0 Å². The fourth-order valence-electron chi connectivity index (χ4n) is 0.729. The van der Waals surface area contributed by atoms with Crippen LogP contribution < -0.4 is 0 Å². The average Bonchev–Trinajstić information content (AvgIpc) is 1.49. The molecule has 0 amide bonds. The first-order valence-electron chi connectivity index (χ1n) is 2.99. The van der Waals surface area contributed by atoms with Gasteiger partial charge in [0.05, 0.1) is 0 Å². The lowest BCUT2D eigenvalue weighted by molar-refractivity contribution is 0.561. The molecule has 0 fully saturated rings. The minimum Gasteiger partial charge on any atom is -0.296 e. The van der Waals surface area contributed by atoms with Gasteiger partial charge in [-0.3, -0.25) is 4.23 Å². The molecule has 0 saturated heterocycles. The summed E-state index contributed by atoms with van der Waals surface area (Å²) in [5.41, 5.74) is 0. The third-order valence-electron chi connectivity index (χ3n) is 1.06. The molecule has 9 heteroatoms. The third-order valence-corrected chi connectivity index (χ3v) is 22.7. The molecule has 0 aromatic rings. The maximum absolute atomic E-state index is 2.74. The van der Waals surface area contributed by atoms with Crippen molar-refractivity contribution in [2.24, 2.45) is 0 Å². The Kier molecular flexibility index (Phi) is 9.28. The molecule has 0 aromatic carbocycles. The largest absolute Gasteiger partial charge is 0.324 e. The molecule has 0 rings (SSSR count). The van der Waals surface area contributed by atoms with E-state index in [1.807, 2.05) is 0 Å². The number of nitrogens with zero attached hydrogens (tertiary/aromatic N) is 1. The molecule has 0 N–H and O–H groups in total. The van der Waals surface area contributed by atoms with E-state index in [4.69, 9.17) is 0 Å². The van der Waals surface area contributed by atoms with Crippen molar-refractivity contribution in [3.63, 3.8) is 0 Å². The Morgan fingerprint density at radius 1 is 0.833 bits per heavy atom. The van der Waals surface area contributed by atoms with E-state index in [0.717, 1.165) is 0 Å². The highest BCUT2D eigenvalue weighted by Gasteiger charge is 2.45. The molecule has 0 bridgehead atoms. The topological polar surface area (TPSA) is 3.24 Å².